The van der Waals surface area contributed by atoms with E-state index in [2.05, 4.69) is 15.9 Å². The van der Waals surface area contributed by atoms with E-state index in [9.17, 15) is 9.50 Å². The van der Waals surface area contributed by atoms with E-state index < -0.39 is 11.4 Å². The molecule has 1 aliphatic rings. The first-order chi connectivity index (χ1) is 6.96. The Bertz CT molecular complexity index is 389. The van der Waals surface area contributed by atoms with E-state index in [1.165, 1.54) is 6.07 Å². The first-order valence-corrected chi connectivity index (χ1v) is 5.72. The molecule has 3 N–H and O–H groups in total. The van der Waals surface area contributed by atoms with Gasteiger partial charge in [0.2, 0.25) is 0 Å². The number of hydrogen-bond donors (Lipinski definition) is 2. The van der Waals surface area contributed by atoms with Crippen LogP contribution in [0.15, 0.2) is 10.5 Å². The molecule has 0 atom stereocenters. The maximum absolute atomic E-state index is 13.4. The lowest BCUT2D eigenvalue weighted by Gasteiger charge is -2.40. The summed E-state index contributed by atoms with van der Waals surface area (Å²) in [5.41, 5.74) is 6.96. The van der Waals surface area contributed by atoms with Gasteiger partial charge >= 0.3 is 0 Å². The Labute approximate surface area is 96.4 Å². The van der Waals surface area contributed by atoms with E-state index in [-0.39, 0.29) is 5.75 Å². The minimum atomic E-state index is -0.612. The predicted octanol–water partition coefficient (Wildman–Crippen LogP) is 2.94. The second-order valence-corrected chi connectivity index (χ2v) is 5.05. The van der Waals surface area contributed by atoms with Crippen molar-refractivity contribution in [3.05, 3.63) is 27.5 Å². The zero-order valence-electron chi connectivity index (χ0n) is 8.48. The Balaban J connectivity index is 2.63. The molecule has 0 unspecified atom stereocenters. The van der Waals surface area contributed by atoms with E-state index in [1.54, 1.807) is 0 Å². The van der Waals surface area contributed by atoms with Crippen molar-refractivity contribution in [1.82, 2.24) is 0 Å². The van der Waals surface area contributed by atoms with Crippen molar-refractivity contribution in [2.24, 2.45) is 5.73 Å². The summed E-state index contributed by atoms with van der Waals surface area (Å²) in [4.78, 5) is 0. The minimum absolute atomic E-state index is 0.294. The van der Waals surface area contributed by atoms with Gasteiger partial charge in [0.1, 0.15) is 0 Å². The molecule has 4 heteroatoms. The van der Waals surface area contributed by atoms with Crippen molar-refractivity contribution in [2.45, 2.75) is 31.7 Å². The van der Waals surface area contributed by atoms with Crippen LogP contribution in [0.25, 0.3) is 0 Å². The van der Waals surface area contributed by atoms with Gasteiger partial charge in [0.25, 0.3) is 0 Å². The van der Waals surface area contributed by atoms with Gasteiger partial charge in [-0.15, -0.1) is 0 Å². The maximum atomic E-state index is 13.4. The molecule has 1 aromatic rings. The lowest BCUT2D eigenvalue weighted by atomic mass is 9.71. The summed E-state index contributed by atoms with van der Waals surface area (Å²) in [5.74, 6) is -0.905. The number of halogens is 2. The number of phenolic OH excluding ortho intramolecular Hbond substituents is 1. The monoisotopic (exact) mass is 273 g/mol. The second kappa shape index (κ2) is 3.46. The highest BCUT2D eigenvalue weighted by atomic mass is 79.9. The van der Waals surface area contributed by atoms with Gasteiger partial charge in [-0.25, -0.2) is 4.39 Å². The zero-order valence-corrected chi connectivity index (χ0v) is 10.1. The topological polar surface area (TPSA) is 46.2 Å². The van der Waals surface area contributed by atoms with Crippen LogP contribution < -0.4 is 5.73 Å². The van der Waals surface area contributed by atoms with Crippen LogP contribution in [0.1, 0.15) is 30.4 Å². The van der Waals surface area contributed by atoms with E-state index >= 15 is 0 Å². The molecule has 1 fully saturated rings. The summed E-state index contributed by atoms with van der Waals surface area (Å²) in [6.07, 6.45) is 2.64. The average molecular weight is 274 g/mol. The first-order valence-electron chi connectivity index (χ1n) is 4.92. The maximum Gasteiger partial charge on any atom is 0.166 e. The molecule has 0 radical (unpaired) electrons. The van der Waals surface area contributed by atoms with Gasteiger partial charge in [0.15, 0.2) is 11.6 Å². The van der Waals surface area contributed by atoms with E-state index in [0.717, 1.165) is 24.8 Å². The molecule has 82 valence electrons. The van der Waals surface area contributed by atoms with Crippen molar-refractivity contribution in [3.8, 4) is 5.75 Å². The number of rotatable bonds is 1. The average Bonchev–Trinajstić information content (AvgIpc) is 2.12. The van der Waals surface area contributed by atoms with Gasteiger partial charge in [-0.3, -0.25) is 0 Å². The summed E-state index contributed by atoms with van der Waals surface area (Å²) in [7, 11) is 0. The highest BCUT2D eigenvalue weighted by molar-refractivity contribution is 9.10. The predicted molar refractivity (Wildman–Crippen MR) is 60.2 cm³/mol. The molecule has 0 aliphatic heterocycles. The van der Waals surface area contributed by atoms with Crippen molar-refractivity contribution in [3.63, 3.8) is 0 Å². The Morgan fingerprint density at radius 3 is 2.60 bits per heavy atom. The Morgan fingerprint density at radius 1 is 1.53 bits per heavy atom. The summed E-state index contributed by atoms with van der Waals surface area (Å²) < 4.78 is 14.0. The molecule has 0 aromatic heterocycles. The molecule has 2 nitrogen and oxygen atoms in total. The fourth-order valence-corrected chi connectivity index (χ4v) is 2.52. The fraction of sp³-hybridized carbons (Fsp3) is 0.455. The minimum Gasteiger partial charge on any atom is -0.505 e. The van der Waals surface area contributed by atoms with Gasteiger partial charge in [0.05, 0.1) is 0 Å². The molecule has 2 rings (SSSR count). The zero-order chi connectivity index (χ0) is 11.2. The number of phenols is 1. The molecule has 0 spiro atoms. The molecule has 0 heterocycles. The molecule has 15 heavy (non-hydrogen) atoms. The van der Waals surface area contributed by atoms with Crippen LogP contribution in [-0.4, -0.2) is 5.11 Å². The van der Waals surface area contributed by atoms with Gasteiger partial charge < -0.3 is 10.8 Å². The molecule has 0 amide bonds. The second-order valence-electron chi connectivity index (χ2n) is 4.20. The summed E-state index contributed by atoms with van der Waals surface area (Å²) in [6.45, 7) is 1.84. The molecule has 1 aliphatic carbocycles. The lowest BCUT2D eigenvalue weighted by Crippen LogP contribution is -2.44. The van der Waals surface area contributed by atoms with E-state index in [0.29, 0.717) is 10.0 Å². The Morgan fingerprint density at radius 2 is 2.13 bits per heavy atom. The highest BCUT2D eigenvalue weighted by Gasteiger charge is 2.39. The summed E-state index contributed by atoms with van der Waals surface area (Å²) in [6, 6.07) is 1.27. The van der Waals surface area contributed by atoms with Crippen LogP contribution in [0, 0.1) is 12.7 Å². The van der Waals surface area contributed by atoms with Crippen LogP contribution >= 0.6 is 15.9 Å². The fourth-order valence-electron chi connectivity index (χ4n) is 2.12. The number of aromatic hydroxyl groups is 1. The van der Waals surface area contributed by atoms with Crippen LogP contribution in [0.3, 0.4) is 0 Å². The molecular weight excluding hydrogens is 261 g/mol. The van der Waals surface area contributed by atoms with Crippen LogP contribution in [0.4, 0.5) is 4.39 Å². The lowest BCUT2D eigenvalue weighted by molar-refractivity contribution is 0.241. The number of nitrogens with two attached hydrogens (primary N) is 1. The van der Waals surface area contributed by atoms with Crippen LogP contribution in [-0.2, 0) is 5.54 Å². The standard InChI is InChI=1S/C11H13BrFNO/c1-6-7(12)5-8(13)10(15)9(6)11(14)3-2-4-11/h5,15H,2-4,14H2,1H3. The van der Waals surface area contributed by atoms with Gasteiger partial charge in [-0.2, -0.15) is 0 Å². The third-order valence-corrected chi connectivity index (χ3v) is 4.02. The number of hydrogen-bond acceptors (Lipinski definition) is 2. The smallest absolute Gasteiger partial charge is 0.166 e. The highest BCUT2D eigenvalue weighted by Crippen LogP contribution is 2.46. The Kier molecular flexibility index (Phi) is 2.51. The molecular formula is C11H13BrFNO. The molecule has 1 saturated carbocycles. The van der Waals surface area contributed by atoms with E-state index in [4.69, 9.17) is 5.73 Å². The normalized spacial score (nSPS) is 18.7. The summed E-state index contributed by atoms with van der Waals surface area (Å²) in [5, 5.41) is 9.73. The Hall–Kier alpha value is -0.610. The molecule has 0 bridgehead atoms. The molecule has 0 saturated heterocycles. The third kappa shape index (κ3) is 1.56. The first kappa shape index (κ1) is 10.9. The van der Waals surface area contributed by atoms with Crippen molar-refractivity contribution >= 4 is 15.9 Å². The van der Waals surface area contributed by atoms with Crippen LogP contribution in [0.2, 0.25) is 0 Å². The van der Waals surface area contributed by atoms with Gasteiger partial charge in [-0.1, -0.05) is 15.9 Å². The van der Waals surface area contributed by atoms with Crippen molar-refractivity contribution in [2.75, 3.05) is 0 Å². The third-order valence-electron chi connectivity index (χ3n) is 3.19. The van der Waals surface area contributed by atoms with Crippen LogP contribution in [0.5, 0.6) is 5.75 Å². The SMILES string of the molecule is Cc1c(Br)cc(F)c(O)c1C1(N)CCC1. The van der Waals surface area contributed by atoms with E-state index in [1.807, 2.05) is 6.92 Å². The summed E-state index contributed by atoms with van der Waals surface area (Å²) >= 11 is 3.27. The number of benzene rings is 1. The van der Waals surface area contributed by atoms with Crippen molar-refractivity contribution in [1.29, 1.82) is 0 Å². The molecule has 1 aromatic carbocycles. The largest absolute Gasteiger partial charge is 0.505 e. The quantitative estimate of drug-likeness (QED) is 0.827. The van der Waals surface area contributed by atoms with Gasteiger partial charge in [-0.05, 0) is 37.8 Å². The van der Waals surface area contributed by atoms with Crippen molar-refractivity contribution < 1.29 is 9.50 Å². The van der Waals surface area contributed by atoms with Gasteiger partial charge in [0, 0.05) is 15.6 Å².